The van der Waals surface area contributed by atoms with Crippen LogP contribution in [-0.2, 0) is 35.2 Å². The number of carboxylic acid groups (broad SMARTS) is 2. The highest BCUT2D eigenvalue weighted by atomic mass is 16.4. The Labute approximate surface area is 265 Å². The summed E-state index contributed by atoms with van der Waals surface area (Å²) in [6.45, 7) is 3.68. The SMILES string of the molecule is CC(C)[C@H](NC(=O)[C@H](CC(=O)O)NC(=O)[C@@H]1CCCN1C(=O)[C@@H](N)CCCN=C(N)N)C(=O)N[C@@H](Cc1ccc(O)cc1)C(=O)O. The van der Waals surface area contributed by atoms with Gasteiger partial charge < -0.3 is 53.4 Å². The minimum absolute atomic E-state index is 0.0166. The highest BCUT2D eigenvalue weighted by molar-refractivity contribution is 5.97. The van der Waals surface area contributed by atoms with Gasteiger partial charge in [0.2, 0.25) is 23.6 Å². The second kappa shape index (κ2) is 17.5. The van der Waals surface area contributed by atoms with Crippen molar-refractivity contribution >= 4 is 41.5 Å². The minimum atomic E-state index is -1.61. The molecule has 1 aromatic rings. The molecule has 0 aliphatic carbocycles. The maximum absolute atomic E-state index is 13.3. The molecule has 2 rings (SSSR count). The average Bonchev–Trinajstić information content (AvgIpc) is 3.47. The quantitative estimate of drug-likeness (QED) is 0.0502. The standard InChI is InChI=1S/C29H44N8O9/c1-15(2)23(26(43)35-20(28(45)46)13-16-7-9-17(38)10-8-16)36-24(41)19(14-22(39)40)34-25(42)21-6-4-12-37(21)27(44)18(30)5-3-11-33-29(31)32/h7-10,15,18-21,23,38H,3-6,11-14,30H2,1-2H3,(H,34,42)(H,35,43)(H,36,41)(H,39,40)(H,45,46)(H4,31,32,33)/t18-,19-,20-,21-,23-/m0/s1. The highest BCUT2D eigenvalue weighted by Gasteiger charge is 2.38. The Balaban J connectivity index is 2.11. The molecule has 1 aromatic carbocycles. The Bertz CT molecular complexity index is 1280. The van der Waals surface area contributed by atoms with E-state index in [1.54, 1.807) is 13.8 Å². The first-order valence-corrected chi connectivity index (χ1v) is 14.9. The van der Waals surface area contributed by atoms with Crippen LogP contribution in [0.4, 0.5) is 0 Å². The van der Waals surface area contributed by atoms with E-state index < -0.39 is 78.1 Å². The molecule has 17 heteroatoms. The third-order valence-corrected chi connectivity index (χ3v) is 7.37. The molecular weight excluding hydrogens is 604 g/mol. The van der Waals surface area contributed by atoms with E-state index in [4.69, 9.17) is 17.2 Å². The van der Waals surface area contributed by atoms with E-state index in [9.17, 15) is 44.1 Å². The lowest BCUT2D eigenvalue weighted by molar-refractivity contribution is -0.144. The van der Waals surface area contributed by atoms with Gasteiger partial charge in [-0.3, -0.25) is 29.0 Å². The van der Waals surface area contributed by atoms with Crippen molar-refractivity contribution in [1.82, 2.24) is 20.9 Å². The molecule has 5 atom stereocenters. The van der Waals surface area contributed by atoms with E-state index in [0.717, 1.165) is 0 Å². The number of carbonyl (C=O) groups excluding carboxylic acids is 4. The monoisotopic (exact) mass is 648 g/mol. The summed E-state index contributed by atoms with van der Waals surface area (Å²) in [6.07, 6.45) is 0.465. The Hall–Kier alpha value is -4.93. The number of carbonyl (C=O) groups is 6. The van der Waals surface area contributed by atoms with Gasteiger partial charge >= 0.3 is 11.9 Å². The summed E-state index contributed by atoms with van der Waals surface area (Å²) in [4.78, 5) is 81.3. The summed E-state index contributed by atoms with van der Waals surface area (Å²) in [7, 11) is 0. The number of nitrogens with two attached hydrogens (primary N) is 3. The molecule has 0 radical (unpaired) electrons. The van der Waals surface area contributed by atoms with E-state index in [2.05, 4.69) is 20.9 Å². The number of aliphatic carboxylic acids is 2. The maximum atomic E-state index is 13.3. The molecule has 254 valence electrons. The second-order valence-electron chi connectivity index (χ2n) is 11.4. The van der Waals surface area contributed by atoms with E-state index in [1.807, 2.05) is 0 Å². The van der Waals surface area contributed by atoms with E-state index in [1.165, 1.54) is 29.2 Å². The Morgan fingerprint density at radius 2 is 1.63 bits per heavy atom. The smallest absolute Gasteiger partial charge is 0.326 e. The Morgan fingerprint density at radius 1 is 0.978 bits per heavy atom. The second-order valence-corrected chi connectivity index (χ2v) is 11.4. The zero-order valence-electron chi connectivity index (χ0n) is 25.8. The van der Waals surface area contributed by atoms with E-state index >= 15 is 0 Å². The van der Waals surface area contributed by atoms with Gasteiger partial charge in [-0.2, -0.15) is 0 Å². The molecule has 1 aliphatic rings. The number of rotatable bonds is 17. The maximum Gasteiger partial charge on any atom is 0.326 e. The molecular formula is C29H44N8O9. The fraction of sp³-hybridized carbons (Fsp3) is 0.552. The molecule has 1 saturated heterocycles. The van der Waals surface area contributed by atoms with Crippen molar-refractivity contribution in [1.29, 1.82) is 0 Å². The molecule has 1 heterocycles. The van der Waals surface area contributed by atoms with Gasteiger partial charge in [-0.15, -0.1) is 0 Å². The molecule has 46 heavy (non-hydrogen) atoms. The number of aliphatic imine (C=N–C) groups is 1. The Morgan fingerprint density at radius 3 is 2.20 bits per heavy atom. The predicted molar refractivity (Wildman–Crippen MR) is 165 cm³/mol. The molecule has 0 unspecified atom stereocenters. The zero-order valence-corrected chi connectivity index (χ0v) is 25.8. The molecule has 1 aliphatic heterocycles. The van der Waals surface area contributed by atoms with Crippen molar-refractivity contribution in [2.75, 3.05) is 13.1 Å². The lowest BCUT2D eigenvalue weighted by atomic mass is 10.0. The number of phenols is 1. The van der Waals surface area contributed by atoms with Crippen LogP contribution in [0.2, 0.25) is 0 Å². The van der Waals surface area contributed by atoms with Crippen LogP contribution in [0.1, 0.15) is 51.5 Å². The number of guanidine groups is 1. The van der Waals surface area contributed by atoms with Gasteiger partial charge in [-0.1, -0.05) is 26.0 Å². The van der Waals surface area contributed by atoms with Crippen molar-refractivity contribution in [3.05, 3.63) is 29.8 Å². The van der Waals surface area contributed by atoms with Crippen LogP contribution in [0.5, 0.6) is 5.75 Å². The minimum Gasteiger partial charge on any atom is -0.508 e. The van der Waals surface area contributed by atoms with Gasteiger partial charge in [0.05, 0.1) is 12.5 Å². The lowest BCUT2D eigenvalue weighted by Crippen LogP contribution is -2.59. The van der Waals surface area contributed by atoms with Crippen molar-refractivity contribution in [2.45, 2.75) is 82.6 Å². The normalized spacial score (nSPS) is 16.9. The van der Waals surface area contributed by atoms with Crippen molar-refractivity contribution in [3.63, 3.8) is 0 Å². The first kappa shape index (κ1) is 37.3. The fourth-order valence-electron chi connectivity index (χ4n) is 4.93. The average molecular weight is 649 g/mol. The summed E-state index contributed by atoms with van der Waals surface area (Å²) in [5, 5.41) is 35.8. The zero-order chi connectivity index (χ0) is 34.6. The molecule has 0 bridgehead atoms. The summed E-state index contributed by atoms with van der Waals surface area (Å²) >= 11 is 0. The summed E-state index contributed by atoms with van der Waals surface area (Å²) in [5.41, 5.74) is 17.1. The largest absolute Gasteiger partial charge is 0.508 e. The number of amides is 4. The third kappa shape index (κ3) is 11.5. The summed E-state index contributed by atoms with van der Waals surface area (Å²) < 4.78 is 0. The number of likely N-dealkylation sites (tertiary alicyclic amines) is 1. The topological polar surface area (TPSA) is 293 Å². The first-order valence-electron chi connectivity index (χ1n) is 14.9. The van der Waals surface area contributed by atoms with Crippen LogP contribution in [0.25, 0.3) is 0 Å². The lowest BCUT2D eigenvalue weighted by Gasteiger charge is -2.29. The number of aromatic hydroxyl groups is 1. The predicted octanol–water partition coefficient (Wildman–Crippen LogP) is -2.02. The van der Waals surface area contributed by atoms with Crippen LogP contribution in [0.15, 0.2) is 29.3 Å². The van der Waals surface area contributed by atoms with Crippen LogP contribution in [-0.4, -0.2) is 105 Å². The molecule has 4 amide bonds. The molecule has 1 fully saturated rings. The van der Waals surface area contributed by atoms with E-state index in [0.29, 0.717) is 18.4 Å². The van der Waals surface area contributed by atoms with Gasteiger partial charge in [0.25, 0.3) is 0 Å². The van der Waals surface area contributed by atoms with Gasteiger partial charge in [-0.05, 0) is 49.3 Å². The molecule has 12 N–H and O–H groups in total. The summed E-state index contributed by atoms with van der Waals surface area (Å²) in [6, 6.07) is -0.474. The van der Waals surface area contributed by atoms with Crippen molar-refractivity contribution in [2.24, 2.45) is 28.1 Å². The number of nitrogens with zero attached hydrogens (tertiary/aromatic N) is 2. The fourth-order valence-corrected chi connectivity index (χ4v) is 4.93. The molecule has 0 spiro atoms. The third-order valence-electron chi connectivity index (χ3n) is 7.37. The number of nitrogens with one attached hydrogen (secondary N) is 3. The van der Waals surface area contributed by atoms with Crippen LogP contribution in [0.3, 0.4) is 0 Å². The first-order chi connectivity index (χ1) is 21.6. The highest BCUT2D eigenvalue weighted by Crippen LogP contribution is 2.20. The number of hydrogen-bond donors (Lipinski definition) is 9. The molecule has 0 saturated carbocycles. The number of carboxylic acids is 2. The van der Waals surface area contributed by atoms with Gasteiger partial charge in [0.15, 0.2) is 5.96 Å². The Kier molecular flexibility index (Phi) is 14.2. The molecule has 17 nitrogen and oxygen atoms in total. The van der Waals surface area contributed by atoms with E-state index in [-0.39, 0.29) is 44.1 Å². The van der Waals surface area contributed by atoms with Crippen LogP contribution < -0.4 is 33.2 Å². The van der Waals surface area contributed by atoms with Crippen LogP contribution in [0, 0.1) is 5.92 Å². The number of hydrogen-bond acceptors (Lipinski definition) is 9. The van der Waals surface area contributed by atoms with Gasteiger partial charge in [0, 0.05) is 19.5 Å². The van der Waals surface area contributed by atoms with Crippen LogP contribution >= 0.6 is 0 Å². The number of benzene rings is 1. The molecule has 0 aromatic heterocycles. The van der Waals surface area contributed by atoms with Gasteiger partial charge in [0.1, 0.15) is 29.9 Å². The summed E-state index contributed by atoms with van der Waals surface area (Å²) in [5.74, 6) is -6.49. The number of phenolic OH excluding ortho intramolecular Hbond substituents is 1. The van der Waals surface area contributed by atoms with Crippen molar-refractivity contribution < 1.29 is 44.1 Å². The van der Waals surface area contributed by atoms with Crippen molar-refractivity contribution in [3.8, 4) is 5.75 Å². The van der Waals surface area contributed by atoms with Gasteiger partial charge in [-0.25, -0.2) is 4.79 Å².